The van der Waals surface area contributed by atoms with Crippen LogP contribution in [0.2, 0.25) is 0 Å². The van der Waals surface area contributed by atoms with E-state index in [1.54, 1.807) is 0 Å². The lowest BCUT2D eigenvalue weighted by molar-refractivity contribution is 1.08. The maximum atomic E-state index is 5.37. The van der Waals surface area contributed by atoms with Gasteiger partial charge in [0.25, 0.3) is 0 Å². The molecule has 0 aliphatic heterocycles. The van der Waals surface area contributed by atoms with E-state index >= 15 is 0 Å². The first-order valence-corrected chi connectivity index (χ1v) is 18.4. The fourth-order valence-corrected chi connectivity index (χ4v) is 7.52. The molecule has 2 aromatic heterocycles. The minimum absolute atomic E-state index is 0.613. The molecule has 8 aromatic carbocycles. The van der Waals surface area contributed by atoms with Gasteiger partial charge in [0.05, 0.1) is 11.2 Å². The molecule has 0 radical (unpaired) electrons. The Balaban J connectivity index is 1.21. The van der Waals surface area contributed by atoms with Crippen molar-refractivity contribution in [3.8, 4) is 45.4 Å². The topological polar surface area (TPSA) is 54.8 Å². The van der Waals surface area contributed by atoms with Gasteiger partial charge in [-0.3, -0.25) is 0 Å². The maximum Gasteiger partial charge on any atom is 0.164 e. The number of anilines is 3. The van der Waals surface area contributed by atoms with Crippen molar-refractivity contribution >= 4 is 49.5 Å². The predicted molar refractivity (Wildman–Crippen MR) is 227 cm³/mol. The van der Waals surface area contributed by atoms with Gasteiger partial charge >= 0.3 is 0 Å². The average Bonchev–Trinajstić information content (AvgIpc) is 3.27. The van der Waals surface area contributed by atoms with Gasteiger partial charge in [-0.05, 0) is 59.3 Å². The number of benzene rings is 8. The lowest BCUT2D eigenvalue weighted by Gasteiger charge is -2.25. The van der Waals surface area contributed by atoms with E-state index in [0.717, 1.165) is 77.5 Å². The van der Waals surface area contributed by atoms with Gasteiger partial charge < -0.3 is 4.90 Å². The molecule has 5 heteroatoms. The van der Waals surface area contributed by atoms with Crippen molar-refractivity contribution in [2.24, 2.45) is 0 Å². The molecule has 0 unspecified atom stereocenters. The minimum Gasteiger partial charge on any atom is -0.311 e. The van der Waals surface area contributed by atoms with Gasteiger partial charge in [0.15, 0.2) is 17.5 Å². The van der Waals surface area contributed by atoms with Crippen LogP contribution < -0.4 is 4.90 Å². The molecule has 258 valence electrons. The molecule has 0 atom stereocenters. The number of hydrogen-bond acceptors (Lipinski definition) is 5. The SMILES string of the molecule is c1ccc(-c2nc(-c3ccccc3)nc(-c3cc4c(-c5ccc(N(c6ccccc6)c6ccccc6)cc5)nc5ccccc5c4c4ccccc34)n2)cc1. The fraction of sp³-hybridized carbons (Fsp3) is 0. The highest BCUT2D eigenvalue weighted by Crippen LogP contribution is 2.42. The van der Waals surface area contributed by atoms with Gasteiger partial charge in [0.2, 0.25) is 0 Å². The number of hydrogen-bond donors (Lipinski definition) is 0. The Hall–Kier alpha value is -7.50. The average molecular weight is 704 g/mol. The van der Waals surface area contributed by atoms with Gasteiger partial charge in [0.1, 0.15) is 0 Å². The van der Waals surface area contributed by atoms with Crippen LogP contribution in [-0.4, -0.2) is 19.9 Å². The van der Waals surface area contributed by atoms with E-state index in [4.69, 9.17) is 19.9 Å². The molecular formula is C50H33N5. The third kappa shape index (κ3) is 5.94. The minimum atomic E-state index is 0.613. The van der Waals surface area contributed by atoms with E-state index in [1.807, 2.05) is 72.8 Å². The first-order valence-electron chi connectivity index (χ1n) is 18.4. The van der Waals surface area contributed by atoms with Gasteiger partial charge in [-0.15, -0.1) is 0 Å². The van der Waals surface area contributed by atoms with Gasteiger partial charge in [-0.25, -0.2) is 19.9 Å². The maximum absolute atomic E-state index is 5.37. The van der Waals surface area contributed by atoms with E-state index in [9.17, 15) is 0 Å². The van der Waals surface area contributed by atoms with Crippen molar-refractivity contribution in [2.75, 3.05) is 4.90 Å². The summed E-state index contributed by atoms with van der Waals surface area (Å²) in [6.07, 6.45) is 0. The Labute approximate surface area is 318 Å². The zero-order valence-corrected chi connectivity index (χ0v) is 29.8. The van der Waals surface area contributed by atoms with Crippen LogP contribution >= 0.6 is 0 Å². The molecule has 0 spiro atoms. The smallest absolute Gasteiger partial charge is 0.164 e. The highest BCUT2D eigenvalue weighted by atomic mass is 15.1. The lowest BCUT2D eigenvalue weighted by atomic mass is 9.92. The van der Waals surface area contributed by atoms with Crippen molar-refractivity contribution in [1.29, 1.82) is 0 Å². The van der Waals surface area contributed by atoms with Crippen molar-refractivity contribution in [1.82, 2.24) is 19.9 Å². The van der Waals surface area contributed by atoms with Crippen LogP contribution in [0.4, 0.5) is 17.1 Å². The standard InChI is InChI=1S/C50H33N5/c1-5-17-35(18-6-1)48-52-49(36-19-7-2-8-20-36)54-50(53-48)43-33-44-46(41-26-14-13-25-40(41)43)42-27-15-16-28-45(42)51-47(44)34-29-31-39(32-30-34)55(37-21-9-3-10-22-37)38-23-11-4-12-24-38/h1-33H. The summed E-state index contributed by atoms with van der Waals surface area (Å²) in [5.41, 5.74) is 8.90. The predicted octanol–water partition coefficient (Wildman–Crippen LogP) is 12.9. The highest BCUT2D eigenvalue weighted by molar-refractivity contribution is 6.25. The van der Waals surface area contributed by atoms with Crippen LogP contribution in [0.25, 0.3) is 77.9 Å². The van der Waals surface area contributed by atoms with Crippen LogP contribution in [0.5, 0.6) is 0 Å². The second-order valence-electron chi connectivity index (χ2n) is 13.5. The number of aromatic nitrogens is 4. The summed E-state index contributed by atoms with van der Waals surface area (Å²) in [5.74, 6) is 1.87. The van der Waals surface area contributed by atoms with Crippen LogP contribution in [0, 0.1) is 0 Å². The molecule has 0 aliphatic rings. The Kier molecular flexibility index (Phi) is 8.08. The Morgan fingerprint density at radius 3 is 1.35 bits per heavy atom. The van der Waals surface area contributed by atoms with E-state index < -0.39 is 0 Å². The molecule has 5 nitrogen and oxygen atoms in total. The number of nitrogens with zero attached hydrogens (tertiary/aromatic N) is 5. The van der Waals surface area contributed by atoms with E-state index in [0.29, 0.717) is 17.5 Å². The zero-order valence-electron chi connectivity index (χ0n) is 29.8. The summed E-state index contributed by atoms with van der Waals surface area (Å²) in [4.78, 5) is 22.9. The summed E-state index contributed by atoms with van der Waals surface area (Å²) in [5, 5.41) is 5.48. The van der Waals surface area contributed by atoms with Gasteiger partial charge in [-0.2, -0.15) is 0 Å². The Morgan fingerprint density at radius 2 is 0.764 bits per heavy atom. The summed E-state index contributed by atoms with van der Waals surface area (Å²) >= 11 is 0. The summed E-state index contributed by atoms with van der Waals surface area (Å²) < 4.78 is 0. The molecule has 0 bridgehead atoms. The molecule has 55 heavy (non-hydrogen) atoms. The van der Waals surface area contributed by atoms with Crippen LogP contribution in [0.3, 0.4) is 0 Å². The van der Waals surface area contributed by atoms with Crippen molar-refractivity contribution in [3.05, 3.63) is 200 Å². The Bertz CT molecular complexity index is 2850. The van der Waals surface area contributed by atoms with E-state index in [2.05, 4.69) is 132 Å². The molecule has 2 heterocycles. The third-order valence-corrected chi connectivity index (χ3v) is 10.1. The molecule has 0 fully saturated rings. The van der Waals surface area contributed by atoms with Gasteiger partial charge in [0, 0.05) is 55.5 Å². The summed E-state index contributed by atoms with van der Waals surface area (Å²) in [6, 6.07) is 69.1. The number of rotatable bonds is 7. The third-order valence-electron chi connectivity index (χ3n) is 10.1. The van der Waals surface area contributed by atoms with Crippen molar-refractivity contribution in [2.45, 2.75) is 0 Å². The van der Waals surface area contributed by atoms with Crippen LogP contribution in [0.1, 0.15) is 0 Å². The molecule has 0 amide bonds. The molecule has 0 N–H and O–H groups in total. The number of para-hydroxylation sites is 3. The van der Waals surface area contributed by atoms with Crippen molar-refractivity contribution in [3.63, 3.8) is 0 Å². The molecule has 10 aromatic rings. The first-order chi connectivity index (χ1) is 27.3. The zero-order chi connectivity index (χ0) is 36.6. The van der Waals surface area contributed by atoms with Crippen LogP contribution in [0.15, 0.2) is 200 Å². The first kappa shape index (κ1) is 32.2. The second-order valence-corrected chi connectivity index (χ2v) is 13.5. The second kappa shape index (κ2) is 13.8. The van der Waals surface area contributed by atoms with E-state index in [-0.39, 0.29) is 0 Å². The summed E-state index contributed by atoms with van der Waals surface area (Å²) in [7, 11) is 0. The Morgan fingerprint density at radius 1 is 0.309 bits per heavy atom. The summed E-state index contributed by atoms with van der Waals surface area (Å²) in [6.45, 7) is 0. The van der Waals surface area contributed by atoms with E-state index in [1.165, 1.54) is 0 Å². The molecule has 10 rings (SSSR count). The molecule has 0 aliphatic carbocycles. The molecule has 0 saturated heterocycles. The molecular weight excluding hydrogens is 671 g/mol. The largest absolute Gasteiger partial charge is 0.311 e. The quantitative estimate of drug-likeness (QED) is 0.155. The van der Waals surface area contributed by atoms with Crippen LogP contribution in [-0.2, 0) is 0 Å². The monoisotopic (exact) mass is 703 g/mol. The molecule has 0 saturated carbocycles. The number of pyridine rings is 1. The normalized spacial score (nSPS) is 11.3. The fourth-order valence-electron chi connectivity index (χ4n) is 7.52. The highest BCUT2D eigenvalue weighted by Gasteiger charge is 2.20. The van der Waals surface area contributed by atoms with Gasteiger partial charge in [-0.1, -0.05) is 152 Å². The van der Waals surface area contributed by atoms with Crippen molar-refractivity contribution < 1.29 is 0 Å². The lowest BCUT2D eigenvalue weighted by Crippen LogP contribution is -2.09. The number of fused-ring (bicyclic) bond motifs is 5.